The molecule has 0 unspecified atom stereocenters. The molecule has 1 aromatic rings. The first kappa shape index (κ1) is 16.5. The summed E-state index contributed by atoms with van der Waals surface area (Å²) in [5.41, 5.74) is -0.465. The van der Waals surface area contributed by atoms with Crippen LogP contribution in [0.5, 0.6) is 0 Å². The van der Waals surface area contributed by atoms with Crippen LogP contribution in [0, 0.1) is 5.41 Å². The molecule has 1 rings (SSSR count). The van der Waals surface area contributed by atoms with Gasteiger partial charge < -0.3 is 10.2 Å². The average molecular weight is 302 g/mol. The molecule has 0 aliphatic carbocycles. The van der Waals surface area contributed by atoms with Crippen LogP contribution in [0.4, 0.5) is 0 Å². The van der Waals surface area contributed by atoms with Crippen LogP contribution in [-0.4, -0.2) is 42.7 Å². The van der Waals surface area contributed by atoms with Gasteiger partial charge in [-0.15, -0.1) is 0 Å². The van der Waals surface area contributed by atoms with Crippen molar-refractivity contribution in [2.75, 3.05) is 13.2 Å². The van der Waals surface area contributed by atoms with E-state index in [1.54, 1.807) is 0 Å². The number of aromatic carboxylic acids is 1. The number of hydrogen-bond acceptors (Lipinski definition) is 5. The van der Waals surface area contributed by atoms with E-state index >= 15 is 0 Å². The standard InChI is InChI=1S/C12H18N2O5S/c1-12(2,5-6-15)8-14-20(18,19)10-4-3-9(7-13-10)11(16)17/h3-4,7,14-15H,5-6,8H2,1-2H3,(H,16,17). The Balaban J connectivity index is 2.81. The van der Waals surface area contributed by atoms with Crippen LogP contribution in [0.2, 0.25) is 0 Å². The van der Waals surface area contributed by atoms with E-state index in [1.165, 1.54) is 6.07 Å². The molecule has 0 saturated carbocycles. The summed E-state index contributed by atoms with van der Waals surface area (Å²) in [6, 6.07) is 2.33. The van der Waals surface area contributed by atoms with Gasteiger partial charge in [0, 0.05) is 19.3 Å². The van der Waals surface area contributed by atoms with E-state index in [9.17, 15) is 13.2 Å². The third-order valence-electron chi connectivity index (χ3n) is 2.79. The van der Waals surface area contributed by atoms with Crippen LogP contribution in [0.15, 0.2) is 23.4 Å². The average Bonchev–Trinajstić information content (AvgIpc) is 2.37. The number of carboxylic acids is 1. The molecule has 3 N–H and O–H groups in total. The zero-order valence-corrected chi connectivity index (χ0v) is 12.1. The molecule has 0 aliphatic heterocycles. The van der Waals surface area contributed by atoms with Gasteiger partial charge in [-0.1, -0.05) is 13.8 Å². The minimum atomic E-state index is -3.79. The van der Waals surface area contributed by atoms with Crippen molar-refractivity contribution < 1.29 is 23.4 Å². The van der Waals surface area contributed by atoms with E-state index in [-0.39, 0.29) is 29.2 Å². The highest BCUT2D eigenvalue weighted by molar-refractivity contribution is 7.89. The molecular formula is C12H18N2O5S. The van der Waals surface area contributed by atoms with Gasteiger partial charge >= 0.3 is 5.97 Å². The third kappa shape index (κ3) is 4.55. The lowest BCUT2D eigenvalue weighted by molar-refractivity contribution is 0.0696. The molecule has 7 nitrogen and oxygen atoms in total. The Hall–Kier alpha value is -1.51. The summed E-state index contributed by atoms with van der Waals surface area (Å²) in [5, 5.41) is 17.4. The predicted octanol–water partition coefficient (Wildman–Crippen LogP) is 0.467. The molecule has 8 heteroatoms. The molecule has 0 fully saturated rings. The van der Waals surface area contributed by atoms with Crippen LogP contribution in [0.25, 0.3) is 0 Å². The van der Waals surface area contributed by atoms with Crippen LogP contribution < -0.4 is 4.72 Å². The summed E-state index contributed by atoms with van der Waals surface area (Å²) in [4.78, 5) is 14.3. The highest BCUT2D eigenvalue weighted by Crippen LogP contribution is 2.19. The normalized spacial score (nSPS) is 12.3. The van der Waals surface area contributed by atoms with Gasteiger partial charge in [0.1, 0.15) is 0 Å². The molecule has 20 heavy (non-hydrogen) atoms. The van der Waals surface area contributed by atoms with Crippen molar-refractivity contribution in [2.24, 2.45) is 5.41 Å². The van der Waals surface area contributed by atoms with Gasteiger partial charge in [0.25, 0.3) is 10.0 Å². The van der Waals surface area contributed by atoms with Gasteiger partial charge in [-0.25, -0.2) is 22.9 Å². The second-order valence-corrected chi connectivity index (χ2v) is 6.87. The number of aliphatic hydroxyl groups excluding tert-OH is 1. The van der Waals surface area contributed by atoms with Crippen molar-refractivity contribution >= 4 is 16.0 Å². The highest BCUT2D eigenvalue weighted by Gasteiger charge is 2.22. The number of aromatic nitrogens is 1. The van der Waals surface area contributed by atoms with Gasteiger partial charge in [0.15, 0.2) is 5.03 Å². The Labute approximate surface area is 117 Å². The van der Waals surface area contributed by atoms with Crippen molar-refractivity contribution in [3.8, 4) is 0 Å². The van der Waals surface area contributed by atoms with Crippen LogP contribution in [0.1, 0.15) is 30.6 Å². The van der Waals surface area contributed by atoms with Gasteiger partial charge in [0.2, 0.25) is 0 Å². The number of rotatable bonds is 7. The van der Waals surface area contributed by atoms with Crippen LogP contribution in [0.3, 0.4) is 0 Å². The van der Waals surface area contributed by atoms with Gasteiger partial charge in [-0.2, -0.15) is 0 Å². The summed E-state index contributed by atoms with van der Waals surface area (Å²) in [7, 11) is -3.79. The molecule has 0 bridgehead atoms. The lowest BCUT2D eigenvalue weighted by atomic mass is 9.90. The van der Waals surface area contributed by atoms with E-state index in [4.69, 9.17) is 10.2 Å². The second kappa shape index (κ2) is 6.29. The molecule has 0 spiro atoms. The number of carbonyl (C=O) groups is 1. The topological polar surface area (TPSA) is 117 Å². The van der Waals surface area contributed by atoms with E-state index in [0.29, 0.717) is 6.42 Å². The quantitative estimate of drug-likeness (QED) is 0.674. The molecule has 0 amide bonds. The molecule has 1 heterocycles. The Morgan fingerprint density at radius 1 is 1.40 bits per heavy atom. The number of hydrogen-bond donors (Lipinski definition) is 3. The summed E-state index contributed by atoms with van der Waals surface area (Å²) in [5.74, 6) is -1.17. The van der Waals surface area contributed by atoms with E-state index < -0.39 is 16.0 Å². The first-order valence-electron chi connectivity index (χ1n) is 5.98. The Kier molecular flexibility index (Phi) is 5.21. The molecule has 0 aliphatic rings. The maximum absolute atomic E-state index is 12.0. The molecular weight excluding hydrogens is 284 g/mol. The summed E-state index contributed by atoms with van der Waals surface area (Å²) < 4.78 is 26.4. The summed E-state index contributed by atoms with van der Waals surface area (Å²) in [6.45, 7) is 3.78. The van der Waals surface area contributed by atoms with Crippen molar-refractivity contribution in [3.05, 3.63) is 23.9 Å². The first-order chi connectivity index (χ1) is 9.18. The van der Waals surface area contributed by atoms with Crippen LogP contribution in [-0.2, 0) is 10.0 Å². The molecule has 0 aromatic carbocycles. The van der Waals surface area contributed by atoms with Crippen molar-refractivity contribution in [1.82, 2.24) is 9.71 Å². The monoisotopic (exact) mass is 302 g/mol. The largest absolute Gasteiger partial charge is 0.478 e. The number of aliphatic hydroxyl groups is 1. The lowest BCUT2D eigenvalue weighted by Gasteiger charge is -2.23. The van der Waals surface area contributed by atoms with Gasteiger partial charge in [0.05, 0.1) is 5.56 Å². The van der Waals surface area contributed by atoms with Gasteiger partial charge in [-0.3, -0.25) is 0 Å². The molecule has 0 saturated heterocycles. The zero-order valence-electron chi connectivity index (χ0n) is 11.3. The fourth-order valence-corrected chi connectivity index (χ4v) is 2.59. The van der Waals surface area contributed by atoms with E-state index in [0.717, 1.165) is 12.3 Å². The Morgan fingerprint density at radius 2 is 2.05 bits per heavy atom. The number of sulfonamides is 1. The predicted molar refractivity (Wildman–Crippen MR) is 71.9 cm³/mol. The molecule has 112 valence electrons. The van der Waals surface area contributed by atoms with Crippen LogP contribution >= 0.6 is 0 Å². The fourth-order valence-electron chi connectivity index (χ4n) is 1.42. The minimum Gasteiger partial charge on any atom is -0.478 e. The van der Waals surface area contributed by atoms with E-state index in [1.807, 2.05) is 13.8 Å². The number of nitrogens with one attached hydrogen (secondary N) is 1. The SMILES string of the molecule is CC(C)(CCO)CNS(=O)(=O)c1ccc(C(=O)O)cn1. The molecule has 0 atom stereocenters. The smallest absolute Gasteiger partial charge is 0.337 e. The van der Waals surface area contributed by atoms with Crippen molar-refractivity contribution in [1.29, 1.82) is 0 Å². The number of carboxylic acid groups (broad SMARTS) is 1. The zero-order chi connectivity index (χ0) is 15.4. The summed E-state index contributed by atoms with van der Waals surface area (Å²) >= 11 is 0. The first-order valence-corrected chi connectivity index (χ1v) is 7.46. The molecule has 1 aromatic heterocycles. The Morgan fingerprint density at radius 3 is 2.50 bits per heavy atom. The lowest BCUT2D eigenvalue weighted by Crippen LogP contribution is -2.35. The number of pyridine rings is 1. The Bertz CT molecular complexity index is 566. The van der Waals surface area contributed by atoms with Gasteiger partial charge in [-0.05, 0) is 24.0 Å². The maximum Gasteiger partial charge on any atom is 0.337 e. The third-order valence-corrected chi connectivity index (χ3v) is 4.10. The highest BCUT2D eigenvalue weighted by atomic mass is 32.2. The fraction of sp³-hybridized carbons (Fsp3) is 0.500. The van der Waals surface area contributed by atoms with E-state index in [2.05, 4.69) is 9.71 Å². The molecule has 0 radical (unpaired) electrons. The second-order valence-electron chi connectivity index (χ2n) is 5.15. The van der Waals surface area contributed by atoms with Crippen molar-refractivity contribution in [2.45, 2.75) is 25.3 Å². The maximum atomic E-state index is 12.0. The summed E-state index contributed by atoms with van der Waals surface area (Å²) in [6.07, 6.45) is 1.46. The van der Waals surface area contributed by atoms with Crippen molar-refractivity contribution in [3.63, 3.8) is 0 Å². The minimum absolute atomic E-state index is 0.0275. The number of nitrogens with zero attached hydrogens (tertiary/aromatic N) is 1.